The standard InChI is InChI=1S/C17H14BrN3O/c1-11-15(12-5-3-2-4-6-12)21-16(19-11)17(22)20-14-9-7-13(18)8-10-14/h2-10H,1H3,(H,19,21)(H,20,22). The Bertz CT molecular complexity index is 795. The summed E-state index contributed by atoms with van der Waals surface area (Å²) < 4.78 is 0.964. The second kappa shape index (κ2) is 6.15. The predicted molar refractivity (Wildman–Crippen MR) is 90.9 cm³/mol. The third-order valence-electron chi connectivity index (χ3n) is 3.26. The number of H-pyrrole nitrogens is 1. The Morgan fingerprint density at radius 1 is 1.09 bits per heavy atom. The van der Waals surface area contributed by atoms with Crippen molar-refractivity contribution in [3.8, 4) is 11.3 Å². The summed E-state index contributed by atoms with van der Waals surface area (Å²) in [6.45, 7) is 1.88. The molecule has 5 heteroatoms. The summed E-state index contributed by atoms with van der Waals surface area (Å²) in [4.78, 5) is 19.7. The van der Waals surface area contributed by atoms with Gasteiger partial charge < -0.3 is 10.3 Å². The van der Waals surface area contributed by atoms with Crippen LogP contribution >= 0.6 is 15.9 Å². The van der Waals surface area contributed by atoms with E-state index in [9.17, 15) is 4.79 Å². The van der Waals surface area contributed by atoms with E-state index in [1.54, 1.807) is 0 Å². The molecule has 1 aromatic heterocycles. The number of aromatic nitrogens is 2. The van der Waals surface area contributed by atoms with Gasteiger partial charge in [0.1, 0.15) is 0 Å². The summed E-state index contributed by atoms with van der Waals surface area (Å²) in [7, 11) is 0. The number of imidazole rings is 1. The Balaban J connectivity index is 1.83. The maximum absolute atomic E-state index is 12.3. The number of nitrogens with zero attached hydrogens (tertiary/aromatic N) is 1. The molecule has 0 spiro atoms. The van der Waals surface area contributed by atoms with Crippen molar-refractivity contribution < 1.29 is 4.79 Å². The van der Waals surface area contributed by atoms with Crippen molar-refractivity contribution in [1.82, 2.24) is 9.97 Å². The maximum Gasteiger partial charge on any atom is 0.291 e. The average molecular weight is 356 g/mol. The molecule has 0 bridgehead atoms. The highest BCUT2D eigenvalue weighted by Crippen LogP contribution is 2.21. The third-order valence-corrected chi connectivity index (χ3v) is 3.79. The zero-order chi connectivity index (χ0) is 15.5. The molecule has 0 aliphatic carbocycles. The molecule has 0 atom stereocenters. The molecule has 3 aromatic rings. The molecular formula is C17H14BrN3O. The largest absolute Gasteiger partial charge is 0.334 e. The van der Waals surface area contributed by atoms with E-state index in [1.807, 2.05) is 61.5 Å². The molecule has 3 rings (SSSR count). The second-order valence-electron chi connectivity index (χ2n) is 4.87. The molecule has 0 fully saturated rings. The summed E-state index contributed by atoms with van der Waals surface area (Å²) in [5.41, 5.74) is 3.40. The molecule has 2 aromatic carbocycles. The molecule has 4 nitrogen and oxygen atoms in total. The Morgan fingerprint density at radius 2 is 1.77 bits per heavy atom. The minimum Gasteiger partial charge on any atom is -0.334 e. The topological polar surface area (TPSA) is 57.8 Å². The first-order valence-corrected chi connectivity index (χ1v) is 7.62. The number of aromatic amines is 1. The first-order valence-electron chi connectivity index (χ1n) is 6.82. The van der Waals surface area contributed by atoms with Crippen LogP contribution in [0.3, 0.4) is 0 Å². The van der Waals surface area contributed by atoms with Crippen LogP contribution < -0.4 is 5.32 Å². The summed E-state index contributed by atoms with van der Waals surface area (Å²) >= 11 is 3.36. The van der Waals surface area contributed by atoms with E-state index in [1.165, 1.54) is 0 Å². The highest BCUT2D eigenvalue weighted by molar-refractivity contribution is 9.10. The molecule has 0 radical (unpaired) electrons. The van der Waals surface area contributed by atoms with Gasteiger partial charge in [-0.3, -0.25) is 4.79 Å². The fourth-order valence-electron chi connectivity index (χ4n) is 2.18. The highest BCUT2D eigenvalue weighted by Gasteiger charge is 2.14. The Labute approximate surface area is 136 Å². The van der Waals surface area contributed by atoms with Gasteiger partial charge in [-0.2, -0.15) is 0 Å². The lowest BCUT2D eigenvalue weighted by Gasteiger charge is -2.03. The summed E-state index contributed by atoms with van der Waals surface area (Å²) in [6, 6.07) is 17.2. The lowest BCUT2D eigenvalue weighted by Crippen LogP contribution is -2.13. The fourth-order valence-corrected chi connectivity index (χ4v) is 2.44. The molecule has 2 N–H and O–H groups in total. The van der Waals surface area contributed by atoms with Crippen molar-refractivity contribution in [2.24, 2.45) is 0 Å². The molecule has 1 heterocycles. The van der Waals surface area contributed by atoms with E-state index >= 15 is 0 Å². The van der Waals surface area contributed by atoms with Crippen LogP contribution in [0.15, 0.2) is 59.1 Å². The van der Waals surface area contributed by atoms with Crippen LogP contribution in [0.4, 0.5) is 5.69 Å². The van der Waals surface area contributed by atoms with Gasteiger partial charge in [0.15, 0.2) is 5.82 Å². The van der Waals surface area contributed by atoms with E-state index in [2.05, 4.69) is 31.2 Å². The van der Waals surface area contributed by atoms with Gasteiger partial charge >= 0.3 is 0 Å². The van der Waals surface area contributed by atoms with Crippen molar-refractivity contribution >= 4 is 27.5 Å². The summed E-state index contributed by atoms with van der Waals surface area (Å²) in [5, 5.41) is 2.82. The number of carbonyl (C=O) groups excluding carboxylic acids is 1. The number of rotatable bonds is 3. The van der Waals surface area contributed by atoms with Gasteiger partial charge in [-0.15, -0.1) is 0 Å². The predicted octanol–water partition coefficient (Wildman–Crippen LogP) is 4.40. The first kappa shape index (κ1) is 14.5. The van der Waals surface area contributed by atoms with Gasteiger partial charge in [-0.25, -0.2) is 4.98 Å². The number of anilines is 1. The number of hydrogen-bond donors (Lipinski definition) is 2. The number of carbonyl (C=O) groups is 1. The van der Waals surface area contributed by atoms with Crippen LogP contribution in [-0.2, 0) is 0 Å². The second-order valence-corrected chi connectivity index (χ2v) is 5.79. The van der Waals surface area contributed by atoms with Gasteiger partial charge in [0.05, 0.1) is 11.4 Å². The minimum absolute atomic E-state index is 0.257. The van der Waals surface area contributed by atoms with E-state index < -0.39 is 0 Å². The van der Waals surface area contributed by atoms with Crippen LogP contribution in [-0.4, -0.2) is 15.9 Å². The van der Waals surface area contributed by atoms with Gasteiger partial charge in [0.2, 0.25) is 0 Å². The normalized spacial score (nSPS) is 10.5. The Hall–Kier alpha value is -2.40. The Morgan fingerprint density at radius 3 is 2.45 bits per heavy atom. The number of benzene rings is 2. The molecule has 1 amide bonds. The SMILES string of the molecule is Cc1nc(C(=O)Nc2ccc(Br)cc2)[nH]c1-c1ccccc1. The molecule has 0 saturated carbocycles. The van der Waals surface area contributed by atoms with E-state index in [0.29, 0.717) is 5.82 Å². The van der Waals surface area contributed by atoms with Crippen LogP contribution in [0.2, 0.25) is 0 Å². The van der Waals surface area contributed by atoms with Crippen LogP contribution in [0.1, 0.15) is 16.3 Å². The smallest absolute Gasteiger partial charge is 0.291 e. The fraction of sp³-hybridized carbons (Fsp3) is 0.0588. The molecule has 22 heavy (non-hydrogen) atoms. The zero-order valence-electron chi connectivity index (χ0n) is 11.9. The Kier molecular flexibility index (Phi) is 4.06. The van der Waals surface area contributed by atoms with Crippen LogP contribution in [0, 0.1) is 6.92 Å². The van der Waals surface area contributed by atoms with Crippen molar-refractivity contribution in [2.45, 2.75) is 6.92 Å². The third kappa shape index (κ3) is 3.09. The van der Waals surface area contributed by atoms with Crippen molar-refractivity contribution in [3.05, 3.63) is 70.6 Å². The van der Waals surface area contributed by atoms with Crippen molar-refractivity contribution in [1.29, 1.82) is 0 Å². The van der Waals surface area contributed by atoms with Gasteiger partial charge in [0.25, 0.3) is 5.91 Å². The van der Waals surface area contributed by atoms with Crippen molar-refractivity contribution in [2.75, 3.05) is 5.32 Å². The number of hydrogen-bond acceptors (Lipinski definition) is 2. The van der Waals surface area contributed by atoms with E-state index in [4.69, 9.17) is 0 Å². The molecule has 0 aliphatic heterocycles. The molecule has 0 saturated heterocycles. The number of nitrogens with one attached hydrogen (secondary N) is 2. The zero-order valence-corrected chi connectivity index (χ0v) is 13.5. The lowest BCUT2D eigenvalue weighted by atomic mass is 10.1. The van der Waals surface area contributed by atoms with Crippen LogP contribution in [0.25, 0.3) is 11.3 Å². The lowest BCUT2D eigenvalue weighted by molar-refractivity contribution is 0.101. The quantitative estimate of drug-likeness (QED) is 0.731. The first-order chi connectivity index (χ1) is 10.6. The van der Waals surface area contributed by atoms with E-state index in [-0.39, 0.29) is 5.91 Å². The van der Waals surface area contributed by atoms with Crippen LogP contribution in [0.5, 0.6) is 0 Å². The molecule has 0 aliphatic rings. The number of aryl methyl sites for hydroxylation is 1. The van der Waals surface area contributed by atoms with Gasteiger partial charge in [-0.05, 0) is 36.8 Å². The number of amides is 1. The molecular weight excluding hydrogens is 342 g/mol. The van der Waals surface area contributed by atoms with Gasteiger partial charge in [0, 0.05) is 10.2 Å². The molecule has 110 valence electrons. The monoisotopic (exact) mass is 355 g/mol. The number of halogens is 1. The minimum atomic E-state index is -0.257. The summed E-state index contributed by atoms with van der Waals surface area (Å²) in [6.07, 6.45) is 0. The highest BCUT2D eigenvalue weighted by atomic mass is 79.9. The molecule has 0 unspecified atom stereocenters. The van der Waals surface area contributed by atoms with Crippen molar-refractivity contribution in [3.63, 3.8) is 0 Å². The summed E-state index contributed by atoms with van der Waals surface area (Å²) in [5.74, 6) is 0.0480. The average Bonchev–Trinajstić information content (AvgIpc) is 2.92. The maximum atomic E-state index is 12.3. The van der Waals surface area contributed by atoms with Gasteiger partial charge in [-0.1, -0.05) is 46.3 Å². The van der Waals surface area contributed by atoms with E-state index in [0.717, 1.165) is 27.1 Å².